The number of morpholine rings is 1. The van der Waals surface area contributed by atoms with E-state index in [0.29, 0.717) is 47.3 Å². The van der Waals surface area contributed by atoms with Gasteiger partial charge in [0, 0.05) is 11.6 Å². The zero-order valence-corrected chi connectivity index (χ0v) is 18.1. The summed E-state index contributed by atoms with van der Waals surface area (Å²) in [5, 5.41) is 16.9. The zero-order chi connectivity index (χ0) is 22.8. The molecular weight excluding hydrogens is 449 g/mol. The van der Waals surface area contributed by atoms with Gasteiger partial charge in [-0.1, -0.05) is 11.6 Å². The Balaban J connectivity index is 1.45. The van der Waals surface area contributed by atoms with Crippen LogP contribution in [-0.4, -0.2) is 66.6 Å². The number of carbonyl (C=O) groups is 1. The quantitative estimate of drug-likeness (QED) is 0.448. The fourth-order valence-electron chi connectivity index (χ4n) is 3.88. The molecule has 9 nitrogen and oxygen atoms in total. The molecule has 0 bridgehead atoms. The summed E-state index contributed by atoms with van der Waals surface area (Å²) in [5.41, 5.74) is 1.96. The number of ether oxygens (including phenoxy) is 1. The molecule has 0 aliphatic carbocycles. The van der Waals surface area contributed by atoms with Gasteiger partial charge in [0.1, 0.15) is 5.82 Å². The van der Waals surface area contributed by atoms with Crippen molar-refractivity contribution in [2.75, 3.05) is 19.8 Å². The molecule has 4 aromatic rings. The van der Waals surface area contributed by atoms with E-state index >= 15 is 0 Å². The lowest BCUT2D eigenvalue weighted by Crippen LogP contribution is -2.50. The normalized spacial score (nSPS) is 16.2. The molecule has 1 saturated heterocycles. The van der Waals surface area contributed by atoms with Crippen molar-refractivity contribution in [2.45, 2.75) is 12.5 Å². The van der Waals surface area contributed by atoms with E-state index in [4.69, 9.17) is 16.3 Å². The Kier molecular flexibility index (Phi) is 5.84. The second kappa shape index (κ2) is 9.08. The molecule has 0 N–H and O–H groups in total. The minimum absolute atomic E-state index is 0.224. The Morgan fingerprint density at radius 1 is 1.03 bits per heavy atom. The molecule has 1 atom stereocenters. The number of halogens is 2. The molecule has 0 spiro atoms. The molecule has 1 amide bonds. The minimum Gasteiger partial charge on any atom is -0.377 e. The second-order valence-corrected chi connectivity index (χ2v) is 7.94. The summed E-state index contributed by atoms with van der Waals surface area (Å²) in [4.78, 5) is 18.1. The first-order valence-electron chi connectivity index (χ1n) is 10.3. The summed E-state index contributed by atoms with van der Waals surface area (Å²) in [6.45, 7) is 1.06. The Hall–Kier alpha value is -3.63. The highest BCUT2D eigenvalue weighted by atomic mass is 35.5. The SMILES string of the molecule is O=C(c1ccc(Cl)cc1-n1nccn1)N1CCOCC1Cc1cc(-n2nccn2)ccc1F. The third-order valence-corrected chi connectivity index (χ3v) is 5.68. The fraction of sp³-hybridized carbons (Fsp3) is 0.227. The highest BCUT2D eigenvalue weighted by Crippen LogP contribution is 2.24. The second-order valence-electron chi connectivity index (χ2n) is 7.51. The molecule has 3 heterocycles. The predicted octanol–water partition coefficient (Wildman–Crippen LogP) is 2.72. The van der Waals surface area contributed by atoms with Crippen LogP contribution in [0, 0.1) is 5.82 Å². The van der Waals surface area contributed by atoms with Crippen molar-refractivity contribution < 1.29 is 13.9 Å². The lowest BCUT2D eigenvalue weighted by molar-refractivity contribution is -0.00185. The number of aromatic nitrogens is 6. The topological polar surface area (TPSA) is 91.0 Å². The molecule has 1 unspecified atom stereocenters. The van der Waals surface area contributed by atoms with Crippen molar-refractivity contribution in [3.05, 3.63) is 83.2 Å². The van der Waals surface area contributed by atoms with E-state index in [9.17, 15) is 9.18 Å². The maximum Gasteiger partial charge on any atom is 0.256 e. The summed E-state index contributed by atoms with van der Waals surface area (Å²) in [6, 6.07) is 9.26. The molecule has 11 heteroatoms. The summed E-state index contributed by atoms with van der Waals surface area (Å²) in [6.07, 6.45) is 6.43. The lowest BCUT2D eigenvalue weighted by Gasteiger charge is -2.36. The summed E-state index contributed by atoms with van der Waals surface area (Å²) in [5.74, 6) is -0.589. The van der Waals surface area contributed by atoms with Crippen LogP contribution in [0.1, 0.15) is 15.9 Å². The number of carbonyl (C=O) groups excluding carboxylic acids is 1. The van der Waals surface area contributed by atoms with E-state index in [1.54, 1.807) is 47.6 Å². The number of rotatable bonds is 5. The van der Waals surface area contributed by atoms with E-state index in [-0.39, 0.29) is 24.2 Å². The van der Waals surface area contributed by atoms with Gasteiger partial charge >= 0.3 is 0 Å². The summed E-state index contributed by atoms with van der Waals surface area (Å²) in [7, 11) is 0. The van der Waals surface area contributed by atoms with Crippen molar-refractivity contribution >= 4 is 17.5 Å². The van der Waals surface area contributed by atoms with Crippen LogP contribution < -0.4 is 0 Å². The van der Waals surface area contributed by atoms with E-state index < -0.39 is 0 Å². The predicted molar refractivity (Wildman–Crippen MR) is 117 cm³/mol. The van der Waals surface area contributed by atoms with Crippen LogP contribution in [0.4, 0.5) is 4.39 Å². The van der Waals surface area contributed by atoms with Crippen molar-refractivity contribution in [2.24, 2.45) is 0 Å². The molecule has 1 fully saturated rings. The van der Waals surface area contributed by atoms with E-state index in [1.165, 1.54) is 28.1 Å². The molecule has 5 rings (SSSR count). The molecule has 168 valence electrons. The van der Waals surface area contributed by atoms with Gasteiger partial charge in [0.2, 0.25) is 0 Å². The Morgan fingerprint density at radius 3 is 2.52 bits per heavy atom. The molecule has 1 aliphatic heterocycles. The zero-order valence-electron chi connectivity index (χ0n) is 17.4. The van der Waals surface area contributed by atoms with E-state index in [2.05, 4.69) is 20.4 Å². The lowest BCUT2D eigenvalue weighted by atomic mass is 10.0. The number of hydrogen-bond donors (Lipinski definition) is 0. The van der Waals surface area contributed by atoms with Gasteiger partial charge in [-0.3, -0.25) is 4.79 Å². The van der Waals surface area contributed by atoms with Crippen LogP contribution >= 0.6 is 11.6 Å². The Labute approximate surface area is 193 Å². The molecule has 2 aromatic carbocycles. The average Bonchev–Trinajstić information content (AvgIpc) is 3.55. The van der Waals surface area contributed by atoms with Gasteiger partial charge in [-0.05, 0) is 48.4 Å². The van der Waals surface area contributed by atoms with E-state index in [0.717, 1.165) is 0 Å². The van der Waals surface area contributed by atoms with Crippen molar-refractivity contribution in [1.82, 2.24) is 34.9 Å². The van der Waals surface area contributed by atoms with Crippen LogP contribution in [0.3, 0.4) is 0 Å². The van der Waals surface area contributed by atoms with Gasteiger partial charge in [-0.25, -0.2) is 4.39 Å². The maximum atomic E-state index is 14.7. The third-order valence-electron chi connectivity index (χ3n) is 5.45. The Bertz CT molecular complexity index is 1260. The first-order valence-corrected chi connectivity index (χ1v) is 10.7. The minimum atomic E-state index is -0.365. The van der Waals surface area contributed by atoms with Crippen molar-refractivity contribution in [3.63, 3.8) is 0 Å². The number of benzene rings is 2. The van der Waals surface area contributed by atoms with Gasteiger partial charge in [-0.15, -0.1) is 0 Å². The molecule has 0 saturated carbocycles. The third kappa shape index (κ3) is 4.35. The number of amides is 1. The van der Waals surface area contributed by atoms with Crippen molar-refractivity contribution in [1.29, 1.82) is 0 Å². The molecular formula is C22H19ClFN7O2. The van der Waals surface area contributed by atoms with E-state index in [1.807, 2.05) is 0 Å². The van der Waals surface area contributed by atoms with Crippen molar-refractivity contribution in [3.8, 4) is 11.4 Å². The van der Waals surface area contributed by atoms with Gasteiger partial charge in [-0.2, -0.15) is 30.0 Å². The van der Waals surface area contributed by atoms with Crippen LogP contribution in [0.15, 0.2) is 61.2 Å². The summed E-state index contributed by atoms with van der Waals surface area (Å²) >= 11 is 6.17. The van der Waals surface area contributed by atoms with Gasteiger partial charge in [0.25, 0.3) is 5.91 Å². The highest BCUT2D eigenvalue weighted by molar-refractivity contribution is 6.31. The Morgan fingerprint density at radius 2 is 1.76 bits per heavy atom. The summed E-state index contributed by atoms with van der Waals surface area (Å²) < 4.78 is 20.3. The molecule has 33 heavy (non-hydrogen) atoms. The number of nitrogens with zero attached hydrogens (tertiary/aromatic N) is 7. The smallest absolute Gasteiger partial charge is 0.256 e. The van der Waals surface area contributed by atoms with Crippen LogP contribution in [0.5, 0.6) is 0 Å². The monoisotopic (exact) mass is 467 g/mol. The molecule has 2 aromatic heterocycles. The van der Waals surface area contributed by atoms with Gasteiger partial charge < -0.3 is 9.64 Å². The standard InChI is InChI=1S/C22H19ClFN7O2/c23-16-1-3-19(21(13-16)31-27-7-8-28-31)22(32)29-9-10-33-14-18(29)12-15-11-17(2-4-20(15)24)30-25-5-6-26-30/h1-8,11,13,18H,9-10,12,14H2. The average molecular weight is 468 g/mol. The van der Waals surface area contributed by atoms with Gasteiger partial charge in [0.15, 0.2) is 0 Å². The van der Waals surface area contributed by atoms with Crippen LogP contribution in [0.2, 0.25) is 5.02 Å². The first-order chi connectivity index (χ1) is 16.1. The van der Waals surface area contributed by atoms with Crippen LogP contribution in [0.25, 0.3) is 11.4 Å². The molecule has 1 aliphatic rings. The largest absolute Gasteiger partial charge is 0.377 e. The van der Waals surface area contributed by atoms with Gasteiger partial charge in [0.05, 0.1) is 61.0 Å². The highest BCUT2D eigenvalue weighted by Gasteiger charge is 2.31. The number of hydrogen-bond acceptors (Lipinski definition) is 6. The first kappa shape index (κ1) is 21.2. The fourth-order valence-corrected chi connectivity index (χ4v) is 4.05. The van der Waals surface area contributed by atoms with Crippen LogP contribution in [-0.2, 0) is 11.2 Å². The maximum absolute atomic E-state index is 14.7. The molecule has 0 radical (unpaired) electrons.